The van der Waals surface area contributed by atoms with Crippen molar-refractivity contribution in [2.24, 2.45) is 0 Å². The number of piperidine rings is 1. The molecule has 0 bridgehead atoms. The Kier molecular flexibility index (Phi) is 6.40. The average Bonchev–Trinajstić information content (AvgIpc) is 3.25. The number of sulfone groups is 1. The van der Waals surface area contributed by atoms with Crippen LogP contribution in [0.3, 0.4) is 0 Å². The van der Waals surface area contributed by atoms with Crippen LogP contribution in [-0.4, -0.2) is 72.1 Å². The molecule has 0 atom stereocenters. The zero-order chi connectivity index (χ0) is 26.7. The van der Waals surface area contributed by atoms with Gasteiger partial charge in [0, 0.05) is 37.4 Å². The molecule has 2 aliphatic heterocycles. The lowest BCUT2D eigenvalue weighted by Crippen LogP contribution is -2.56. The number of rotatable bonds is 3. The number of nitrogens with zero attached hydrogens (tertiary/aromatic N) is 3. The van der Waals surface area contributed by atoms with Gasteiger partial charge in [0.05, 0.1) is 20.9 Å². The highest BCUT2D eigenvalue weighted by atomic mass is 32.2. The van der Waals surface area contributed by atoms with Crippen molar-refractivity contribution in [3.8, 4) is 0 Å². The number of halogens is 3. The third kappa shape index (κ3) is 4.26. The Hall–Kier alpha value is -2.66. The minimum Gasteiger partial charge on any atom is -0.339 e. The maximum absolute atomic E-state index is 13.1. The molecule has 1 aromatic heterocycles. The standard InChI is InChI=1S/C25H30F3N3O4S/c1-23(2,3)36(34,35)18-7-5-17(6-8-18)22(33)30-13-11-24(12-14-30)20-10-9-19(21(32)25(26,27)28)31(20)16-15-29(24)4/h5-10H,11-16H2,1-4H3. The molecule has 0 unspecified atom stereocenters. The second kappa shape index (κ2) is 8.72. The van der Waals surface area contributed by atoms with E-state index in [9.17, 15) is 31.2 Å². The summed E-state index contributed by atoms with van der Waals surface area (Å²) < 4.78 is 65.1. The van der Waals surface area contributed by atoms with Crippen LogP contribution in [0.15, 0.2) is 41.3 Å². The van der Waals surface area contributed by atoms with Gasteiger partial charge in [0.1, 0.15) is 0 Å². The quantitative estimate of drug-likeness (QED) is 0.569. The maximum Gasteiger partial charge on any atom is 0.456 e. The SMILES string of the molecule is CN1CCn2c(C(=O)C(F)(F)F)ccc2C12CCN(C(=O)c1ccc(S(=O)(=O)C(C)(C)C)cc1)CC2. The zero-order valence-electron chi connectivity index (χ0n) is 20.7. The number of likely N-dealkylation sites (tertiary alicyclic amines) is 1. The number of hydrogen-bond donors (Lipinski definition) is 0. The summed E-state index contributed by atoms with van der Waals surface area (Å²) in [5.74, 6) is -2.08. The molecule has 3 heterocycles. The van der Waals surface area contributed by atoms with E-state index in [0.717, 1.165) is 0 Å². The van der Waals surface area contributed by atoms with E-state index in [4.69, 9.17) is 0 Å². The van der Waals surface area contributed by atoms with Crippen molar-refractivity contribution < 1.29 is 31.2 Å². The first-order chi connectivity index (χ1) is 16.6. The van der Waals surface area contributed by atoms with E-state index in [1.165, 1.54) is 34.9 Å². The molecule has 196 valence electrons. The van der Waals surface area contributed by atoms with Gasteiger partial charge >= 0.3 is 6.18 Å². The maximum atomic E-state index is 13.1. The molecule has 1 amide bonds. The number of carbonyl (C=O) groups excluding carboxylic acids is 2. The number of alkyl halides is 3. The van der Waals surface area contributed by atoms with Crippen molar-refractivity contribution in [1.82, 2.24) is 14.4 Å². The summed E-state index contributed by atoms with van der Waals surface area (Å²) in [6.45, 7) is 6.36. The van der Waals surface area contributed by atoms with Crippen LogP contribution in [0.2, 0.25) is 0 Å². The molecule has 0 saturated carbocycles. The first-order valence-electron chi connectivity index (χ1n) is 11.8. The molecule has 2 aliphatic rings. The van der Waals surface area contributed by atoms with Gasteiger partial charge < -0.3 is 9.47 Å². The van der Waals surface area contributed by atoms with Crippen molar-refractivity contribution in [2.45, 2.75) is 61.5 Å². The zero-order valence-corrected chi connectivity index (χ0v) is 21.5. The molecule has 1 fully saturated rings. The van der Waals surface area contributed by atoms with Crippen LogP contribution in [0.4, 0.5) is 13.2 Å². The van der Waals surface area contributed by atoms with E-state index < -0.39 is 32.1 Å². The Morgan fingerprint density at radius 3 is 2.00 bits per heavy atom. The molecule has 4 rings (SSSR count). The molecule has 0 aliphatic carbocycles. The highest BCUT2D eigenvalue weighted by molar-refractivity contribution is 7.92. The lowest BCUT2D eigenvalue weighted by atomic mass is 9.81. The topological polar surface area (TPSA) is 79.7 Å². The lowest BCUT2D eigenvalue weighted by molar-refractivity contribution is -0.0892. The van der Waals surface area contributed by atoms with Crippen LogP contribution in [0.5, 0.6) is 0 Å². The molecular weight excluding hydrogens is 495 g/mol. The fourth-order valence-corrected chi connectivity index (χ4v) is 6.35. The first kappa shape index (κ1) is 26.4. The number of benzene rings is 1. The van der Waals surface area contributed by atoms with E-state index in [1.807, 2.05) is 7.05 Å². The number of carbonyl (C=O) groups is 2. The van der Waals surface area contributed by atoms with Crippen LogP contribution >= 0.6 is 0 Å². The van der Waals surface area contributed by atoms with Gasteiger partial charge in [-0.25, -0.2) is 8.42 Å². The minimum atomic E-state index is -4.94. The number of fused-ring (bicyclic) bond motifs is 2. The molecule has 36 heavy (non-hydrogen) atoms. The lowest BCUT2D eigenvalue weighted by Gasteiger charge is -2.50. The van der Waals surface area contributed by atoms with Crippen molar-refractivity contribution >= 4 is 21.5 Å². The second-order valence-corrected chi connectivity index (χ2v) is 13.2. The van der Waals surface area contributed by atoms with Gasteiger partial charge in [-0.3, -0.25) is 14.5 Å². The minimum absolute atomic E-state index is 0.151. The van der Waals surface area contributed by atoms with E-state index in [2.05, 4.69) is 4.90 Å². The van der Waals surface area contributed by atoms with E-state index in [-0.39, 0.29) is 23.0 Å². The van der Waals surface area contributed by atoms with Gasteiger partial charge in [0.15, 0.2) is 9.84 Å². The molecule has 1 aromatic carbocycles. The average molecular weight is 526 g/mol. The highest BCUT2D eigenvalue weighted by Gasteiger charge is 2.48. The molecule has 7 nitrogen and oxygen atoms in total. The van der Waals surface area contributed by atoms with E-state index >= 15 is 0 Å². The summed E-state index contributed by atoms with van der Waals surface area (Å²) in [5, 5.41) is 0. The summed E-state index contributed by atoms with van der Waals surface area (Å²) in [6, 6.07) is 8.76. The Labute approximate surface area is 208 Å². The normalized spacial score (nSPS) is 18.8. The Balaban J connectivity index is 1.53. The molecule has 0 N–H and O–H groups in total. The Morgan fingerprint density at radius 2 is 1.47 bits per heavy atom. The molecular formula is C25H30F3N3O4S. The van der Waals surface area contributed by atoms with Gasteiger partial charge in [-0.15, -0.1) is 0 Å². The second-order valence-electron chi connectivity index (χ2n) is 10.5. The van der Waals surface area contributed by atoms with Crippen molar-refractivity contribution in [3.63, 3.8) is 0 Å². The van der Waals surface area contributed by atoms with E-state index in [0.29, 0.717) is 43.7 Å². The van der Waals surface area contributed by atoms with Gasteiger partial charge in [0.2, 0.25) is 0 Å². The predicted octanol–water partition coefficient (Wildman–Crippen LogP) is 3.88. The largest absolute Gasteiger partial charge is 0.456 e. The Bertz CT molecular complexity index is 1280. The number of likely N-dealkylation sites (N-methyl/N-ethyl adjacent to an activating group) is 1. The fourth-order valence-electron chi connectivity index (χ4n) is 5.15. The molecule has 11 heteroatoms. The molecule has 0 radical (unpaired) electrons. The smallest absolute Gasteiger partial charge is 0.339 e. The van der Waals surface area contributed by atoms with Gasteiger partial charge in [-0.1, -0.05) is 0 Å². The van der Waals surface area contributed by atoms with Gasteiger partial charge in [-0.2, -0.15) is 13.2 Å². The Morgan fingerprint density at radius 1 is 0.889 bits per heavy atom. The first-order valence-corrected chi connectivity index (χ1v) is 13.2. The molecule has 1 spiro atoms. The monoisotopic (exact) mass is 525 g/mol. The summed E-state index contributed by atoms with van der Waals surface area (Å²) in [6.07, 6.45) is -3.95. The van der Waals surface area contributed by atoms with Gasteiger partial charge in [0.25, 0.3) is 11.7 Å². The number of amides is 1. The molecule has 1 saturated heterocycles. The predicted molar refractivity (Wildman–Crippen MR) is 128 cm³/mol. The van der Waals surface area contributed by atoms with Crippen LogP contribution in [-0.2, 0) is 21.9 Å². The molecule has 2 aromatic rings. The third-order valence-electron chi connectivity index (χ3n) is 7.43. The van der Waals surface area contributed by atoms with Crippen molar-refractivity contribution in [3.05, 3.63) is 53.3 Å². The summed E-state index contributed by atoms with van der Waals surface area (Å²) in [4.78, 5) is 29.0. The number of hydrogen-bond acceptors (Lipinski definition) is 5. The number of ketones is 1. The highest BCUT2D eigenvalue weighted by Crippen LogP contribution is 2.42. The van der Waals surface area contributed by atoms with Crippen LogP contribution in [0.25, 0.3) is 0 Å². The van der Waals surface area contributed by atoms with Gasteiger partial charge in [-0.05, 0) is 77.1 Å². The number of aromatic nitrogens is 1. The van der Waals surface area contributed by atoms with Crippen molar-refractivity contribution in [1.29, 1.82) is 0 Å². The summed E-state index contributed by atoms with van der Waals surface area (Å²) >= 11 is 0. The van der Waals surface area contributed by atoms with Crippen molar-refractivity contribution in [2.75, 3.05) is 26.7 Å². The fraction of sp³-hybridized carbons (Fsp3) is 0.520. The van der Waals surface area contributed by atoms with Crippen LogP contribution < -0.4 is 0 Å². The van der Waals surface area contributed by atoms with Crippen LogP contribution in [0.1, 0.15) is 60.2 Å². The number of Topliss-reactive ketones (excluding diaryl/α,β-unsaturated/α-hetero) is 1. The summed E-state index contributed by atoms with van der Waals surface area (Å²) in [7, 11) is -1.63. The summed E-state index contributed by atoms with van der Waals surface area (Å²) in [5.41, 5.74) is 0.0998. The third-order valence-corrected chi connectivity index (χ3v) is 9.94. The van der Waals surface area contributed by atoms with E-state index in [1.54, 1.807) is 31.7 Å². The van der Waals surface area contributed by atoms with Crippen LogP contribution in [0, 0.1) is 0 Å².